The smallest absolute Gasteiger partial charge is 0.120 e. The molecule has 1 N–H and O–H groups in total. The molecule has 4 rings (SSSR count). The molecule has 1 fully saturated rings. The van der Waals surface area contributed by atoms with Gasteiger partial charge in [-0.1, -0.05) is 35.5 Å². The number of benzene rings is 1. The average Bonchev–Trinajstić information content (AvgIpc) is 3.30. The average molecular weight is 337 g/mol. The Balaban J connectivity index is 1.31. The van der Waals surface area contributed by atoms with Crippen molar-refractivity contribution in [2.45, 2.75) is 19.6 Å². The summed E-state index contributed by atoms with van der Waals surface area (Å²) in [6, 6.07) is 10.4. The van der Waals surface area contributed by atoms with Crippen molar-refractivity contribution in [2.75, 3.05) is 26.2 Å². The Morgan fingerprint density at radius 3 is 2.40 bits per heavy atom. The number of nitrogens with one attached hydrogen (secondary N) is 1. The van der Waals surface area contributed by atoms with E-state index < -0.39 is 0 Å². The molecular weight excluding hydrogens is 314 g/mol. The predicted molar refractivity (Wildman–Crippen MR) is 94.7 cm³/mol. The lowest BCUT2D eigenvalue weighted by Crippen LogP contribution is -2.45. The second kappa shape index (κ2) is 7.58. The van der Waals surface area contributed by atoms with Crippen molar-refractivity contribution in [3.05, 3.63) is 66.0 Å². The highest BCUT2D eigenvalue weighted by molar-refractivity contribution is 5.15. The maximum atomic E-state index is 4.31. The lowest BCUT2D eigenvalue weighted by molar-refractivity contribution is 0.118. The summed E-state index contributed by atoms with van der Waals surface area (Å²) >= 11 is 0. The van der Waals surface area contributed by atoms with Crippen LogP contribution in [-0.4, -0.2) is 60.9 Å². The molecule has 1 saturated heterocycles. The number of nitrogens with zero attached hydrogens (tertiary/aromatic N) is 6. The third kappa shape index (κ3) is 4.12. The molecule has 0 bridgehead atoms. The normalized spacial score (nSPS) is 16.3. The first-order valence-corrected chi connectivity index (χ1v) is 8.71. The largest absolute Gasteiger partial charge is 0.348 e. The summed E-state index contributed by atoms with van der Waals surface area (Å²) < 4.78 is 2.00. The fraction of sp³-hybridized carbons (Fsp3) is 0.389. The van der Waals surface area contributed by atoms with E-state index in [1.165, 1.54) is 11.3 Å². The molecule has 3 aromatic rings. The number of H-pyrrole nitrogens is 1. The van der Waals surface area contributed by atoms with E-state index in [0.717, 1.165) is 51.6 Å². The van der Waals surface area contributed by atoms with Crippen LogP contribution in [0.5, 0.6) is 0 Å². The lowest BCUT2D eigenvalue weighted by atomic mass is 10.2. The zero-order valence-electron chi connectivity index (χ0n) is 14.3. The molecule has 0 aliphatic carbocycles. The Morgan fingerprint density at radius 2 is 1.68 bits per heavy atom. The fourth-order valence-electron chi connectivity index (χ4n) is 3.22. The van der Waals surface area contributed by atoms with Crippen LogP contribution < -0.4 is 0 Å². The molecule has 0 radical (unpaired) electrons. The molecule has 7 nitrogen and oxygen atoms in total. The van der Waals surface area contributed by atoms with Crippen LogP contribution in [-0.2, 0) is 19.6 Å². The van der Waals surface area contributed by atoms with Gasteiger partial charge in [0.05, 0.1) is 25.0 Å². The van der Waals surface area contributed by atoms with Crippen LogP contribution in [0.2, 0.25) is 0 Å². The van der Waals surface area contributed by atoms with Gasteiger partial charge in [-0.25, -0.2) is 9.67 Å². The Kier molecular flexibility index (Phi) is 4.85. The molecule has 0 saturated carbocycles. The van der Waals surface area contributed by atoms with Gasteiger partial charge in [0, 0.05) is 45.1 Å². The molecule has 25 heavy (non-hydrogen) atoms. The van der Waals surface area contributed by atoms with Gasteiger partial charge in [-0.05, 0) is 5.56 Å². The lowest BCUT2D eigenvalue weighted by Gasteiger charge is -2.34. The van der Waals surface area contributed by atoms with Crippen molar-refractivity contribution in [3.8, 4) is 0 Å². The zero-order chi connectivity index (χ0) is 16.9. The summed E-state index contributed by atoms with van der Waals surface area (Å²) in [7, 11) is 0. The molecule has 1 aliphatic heterocycles. The molecule has 1 aliphatic rings. The van der Waals surface area contributed by atoms with Gasteiger partial charge in [0.25, 0.3) is 0 Å². The van der Waals surface area contributed by atoms with Crippen molar-refractivity contribution < 1.29 is 0 Å². The number of hydrogen-bond acceptors (Lipinski definition) is 5. The minimum Gasteiger partial charge on any atom is -0.348 e. The number of aromatic amines is 1. The van der Waals surface area contributed by atoms with E-state index in [1.54, 1.807) is 0 Å². The number of imidazole rings is 1. The third-order valence-electron chi connectivity index (χ3n) is 4.65. The van der Waals surface area contributed by atoms with E-state index in [1.807, 2.05) is 29.3 Å². The van der Waals surface area contributed by atoms with Gasteiger partial charge < -0.3 is 4.98 Å². The van der Waals surface area contributed by atoms with Crippen molar-refractivity contribution in [1.82, 2.24) is 34.8 Å². The molecule has 3 heterocycles. The minimum absolute atomic E-state index is 0.772. The molecule has 2 aromatic heterocycles. The first-order valence-electron chi connectivity index (χ1n) is 8.71. The summed E-state index contributed by atoms with van der Waals surface area (Å²) in [5, 5.41) is 8.37. The van der Waals surface area contributed by atoms with Gasteiger partial charge in [0.15, 0.2) is 0 Å². The van der Waals surface area contributed by atoms with Crippen LogP contribution in [0.4, 0.5) is 0 Å². The van der Waals surface area contributed by atoms with E-state index in [9.17, 15) is 0 Å². The van der Waals surface area contributed by atoms with Crippen LogP contribution in [0.3, 0.4) is 0 Å². The van der Waals surface area contributed by atoms with Crippen LogP contribution in [0.1, 0.15) is 17.1 Å². The van der Waals surface area contributed by atoms with Gasteiger partial charge >= 0.3 is 0 Å². The number of aromatic nitrogens is 5. The molecule has 1 aromatic carbocycles. The van der Waals surface area contributed by atoms with Crippen molar-refractivity contribution in [1.29, 1.82) is 0 Å². The Morgan fingerprint density at radius 1 is 0.920 bits per heavy atom. The Hall–Kier alpha value is -2.51. The number of hydrogen-bond donors (Lipinski definition) is 1. The second-order valence-electron chi connectivity index (χ2n) is 6.46. The first-order chi connectivity index (χ1) is 12.4. The quantitative estimate of drug-likeness (QED) is 0.736. The summed E-state index contributed by atoms with van der Waals surface area (Å²) in [6.07, 6.45) is 5.58. The number of rotatable bonds is 6. The van der Waals surface area contributed by atoms with Crippen molar-refractivity contribution >= 4 is 0 Å². The monoisotopic (exact) mass is 337 g/mol. The zero-order valence-corrected chi connectivity index (χ0v) is 14.3. The van der Waals surface area contributed by atoms with E-state index in [-0.39, 0.29) is 0 Å². The molecular formula is C18H23N7. The van der Waals surface area contributed by atoms with Gasteiger partial charge in [0.1, 0.15) is 5.82 Å². The van der Waals surface area contributed by atoms with Crippen LogP contribution >= 0.6 is 0 Å². The molecule has 0 unspecified atom stereocenters. The molecule has 0 spiro atoms. The summed E-state index contributed by atoms with van der Waals surface area (Å²) in [5.41, 5.74) is 2.42. The minimum atomic E-state index is 0.772. The van der Waals surface area contributed by atoms with Crippen molar-refractivity contribution in [3.63, 3.8) is 0 Å². The van der Waals surface area contributed by atoms with Crippen LogP contribution in [0.15, 0.2) is 48.9 Å². The van der Waals surface area contributed by atoms with E-state index in [2.05, 4.69) is 54.3 Å². The van der Waals surface area contributed by atoms with Crippen LogP contribution in [0, 0.1) is 0 Å². The van der Waals surface area contributed by atoms with E-state index in [4.69, 9.17) is 0 Å². The topological polar surface area (TPSA) is 65.9 Å². The highest BCUT2D eigenvalue weighted by atomic mass is 15.4. The Bertz CT molecular complexity index is 758. The Labute approximate surface area is 147 Å². The third-order valence-corrected chi connectivity index (χ3v) is 4.65. The summed E-state index contributed by atoms with van der Waals surface area (Å²) in [5.74, 6) is 1.04. The maximum Gasteiger partial charge on any atom is 0.120 e. The predicted octanol–water partition coefficient (Wildman–Crippen LogP) is 1.37. The number of piperazine rings is 1. The maximum absolute atomic E-state index is 4.31. The highest BCUT2D eigenvalue weighted by Gasteiger charge is 2.19. The highest BCUT2D eigenvalue weighted by Crippen LogP contribution is 2.11. The fourth-order valence-corrected chi connectivity index (χ4v) is 3.22. The van der Waals surface area contributed by atoms with Gasteiger partial charge in [0.2, 0.25) is 0 Å². The molecule has 7 heteroatoms. The summed E-state index contributed by atoms with van der Waals surface area (Å²) in [4.78, 5) is 12.4. The standard InChI is InChI=1S/C18H23N7/c1-2-4-16(5-3-1)13-25-17(12-21-22-25)14-23-8-10-24(11-9-23)15-18-19-6-7-20-18/h1-7,12H,8-11,13-15H2,(H,19,20). The SMILES string of the molecule is c1ccc(Cn2nncc2CN2CCN(Cc3ncc[nH]3)CC2)cc1. The van der Waals surface area contributed by atoms with Crippen molar-refractivity contribution in [2.24, 2.45) is 0 Å². The summed E-state index contributed by atoms with van der Waals surface area (Å²) in [6.45, 7) is 6.79. The van der Waals surface area contributed by atoms with E-state index in [0.29, 0.717) is 0 Å². The van der Waals surface area contributed by atoms with Gasteiger partial charge in [-0.3, -0.25) is 9.80 Å². The van der Waals surface area contributed by atoms with Crippen LogP contribution in [0.25, 0.3) is 0 Å². The molecule has 0 atom stereocenters. The molecule has 130 valence electrons. The van der Waals surface area contributed by atoms with Gasteiger partial charge in [-0.2, -0.15) is 0 Å². The van der Waals surface area contributed by atoms with E-state index >= 15 is 0 Å². The first kappa shape index (κ1) is 16.0. The second-order valence-corrected chi connectivity index (χ2v) is 6.46. The van der Waals surface area contributed by atoms with Gasteiger partial charge in [-0.15, -0.1) is 5.10 Å². The molecule has 0 amide bonds.